The molecule has 0 heterocycles. The Bertz CT molecular complexity index is 869. The van der Waals surface area contributed by atoms with Gasteiger partial charge in [-0.05, 0) is 67.1 Å². The van der Waals surface area contributed by atoms with Gasteiger partial charge in [-0.2, -0.15) is 0 Å². The molecule has 0 aliphatic rings. The molecule has 0 saturated carbocycles. The lowest BCUT2D eigenvalue weighted by molar-refractivity contribution is -0.138. The van der Waals surface area contributed by atoms with Crippen LogP contribution in [0.3, 0.4) is 0 Å². The summed E-state index contributed by atoms with van der Waals surface area (Å²) in [4.78, 5) is 10.5. The largest absolute Gasteiger partial charge is 0.489 e. The van der Waals surface area contributed by atoms with Gasteiger partial charge in [0.05, 0.1) is 19.1 Å². The van der Waals surface area contributed by atoms with E-state index in [9.17, 15) is 18.9 Å². The minimum absolute atomic E-state index is 0.160. The van der Waals surface area contributed by atoms with Gasteiger partial charge < -0.3 is 19.5 Å². The van der Waals surface area contributed by atoms with Crippen LogP contribution in [-0.4, -0.2) is 35.1 Å². The number of hydrogen-bond donors (Lipinski definition) is 2. The summed E-state index contributed by atoms with van der Waals surface area (Å²) in [6.07, 6.45) is -0.525. The lowest BCUT2D eigenvalue weighted by Gasteiger charge is -2.16. The van der Waals surface area contributed by atoms with Gasteiger partial charge in [0.25, 0.3) is 0 Å². The standard InChI is InChI=1S/C22H28FO6P/c1-15-10-16(2)20(4-3-9-29-30(27)14-19(24)12-22(25)26)21(11-15)28-13-17-5-7-18(23)8-6-17/h5-8,10-11,19,24,30H,3-4,9,12-14H2,1-2H3,(H,25,26)/t19-/m0/s1. The highest BCUT2D eigenvalue weighted by atomic mass is 31.1. The van der Waals surface area contributed by atoms with E-state index in [1.807, 2.05) is 19.9 Å². The minimum Gasteiger partial charge on any atom is -0.489 e. The molecular formula is C22H28FO6P. The zero-order chi connectivity index (χ0) is 22.1. The zero-order valence-corrected chi connectivity index (χ0v) is 18.2. The van der Waals surface area contributed by atoms with E-state index in [0.29, 0.717) is 19.4 Å². The first-order chi connectivity index (χ1) is 14.2. The Morgan fingerprint density at radius 2 is 1.90 bits per heavy atom. The molecule has 8 heteroatoms. The topological polar surface area (TPSA) is 93.1 Å². The fourth-order valence-corrected chi connectivity index (χ4v) is 4.13. The average Bonchev–Trinajstić information content (AvgIpc) is 2.65. The molecule has 0 aromatic heterocycles. The van der Waals surface area contributed by atoms with Crippen LogP contribution in [0.1, 0.15) is 35.1 Å². The van der Waals surface area contributed by atoms with Gasteiger partial charge in [0, 0.05) is 6.16 Å². The monoisotopic (exact) mass is 438 g/mol. The van der Waals surface area contributed by atoms with Gasteiger partial charge in [-0.15, -0.1) is 0 Å². The highest BCUT2D eigenvalue weighted by molar-refractivity contribution is 7.39. The molecular weight excluding hydrogens is 410 g/mol. The number of halogens is 1. The molecule has 2 aromatic carbocycles. The lowest BCUT2D eigenvalue weighted by Crippen LogP contribution is -2.15. The summed E-state index contributed by atoms with van der Waals surface area (Å²) in [5.41, 5.74) is 4.04. The molecule has 2 N–H and O–H groups in total. The molecule has 2 aromatic rings. The third-order valence-electron chi connectivity index (χ3n) is 4.53. The fourth-order valence-electron chi connectivity index (χ4n) is 3.11. The van der Waals surface area contributed by atoms with Gasteiger partial charge >= 0.3 is 5.97 Å². The number of aliphatic hydroxyl groups excluding tert-OH is 1. The molecule has 0 saturated heterocycles. The van der Waals surface area contributed by atoms with Crippen molar-refractivity contribution in [3.63, 3.8) is 0 Å². The Morgan fingerprint density at radius 3 is 2.57 bits per heavy atom. The molecule has 0 radical (unpaired) electrons. The number of aryl methyl sites for hydroxylation is 2. The van der Waals surface area contributed by atoms with E-state index in [2.05, 4.69) is 6.07 Å². The Hall–Kier alpha value is -2.21. The average molecular weight is 438 g/mol. The van der Waals surface area contributed by atoms with Crippen LogP contribution >= 0.6 is 8.03 Å². The van der Waals surface area contributed by atoms with Crippen molar-refractivity contribution in [3.05, 3.63) is 64.5 Å². The number of carboxylic acid groups (broad SMARTS) is 1. The molecule has 30 heavy (non-hydrogen) atoms. The second kappa shape index (κ2) is 11.8. The number of rotatable bonds is 12. The van der Waals surface area contributed by atoms with Crippen molar-refractivity contribution >= 4 is 14.0 Å². The second-order valence-corrected chi connectivity index (χ2v) is 8.69. The normalized spacial score (nSPS) is 13.1. The zero-order valence-electron chi connectivity index (χ0n) is 17.2. The van der Waals surface area contributed by atoms with E-state index in [4.69, 9.17) is 14.4 Å². The Kier molecular flexibility index (Phi) is 9.50. The van der Waals surface area contributed by atoms with E-state index >= 15 is 0 Å². The van der Waals surface area contributed by atoms with Crippen molar-refractivity contribution in [2.45, 2.75) is 45.8 Å². The maximum Gasteiger partial charge on any atom is 0.305 e. The van der Waals surface area contributed by atoms with Gasteiger partial charge in [0.1, 0.15) is 18.2 Å². The maximum absolute atomic E-state index is 13.1. The summed E-state index contributed by atoms with van der Waals surface area (Å²) in [6.45, 7) is 4.54. The quantitative estimate of drug-likeness (QED) is 0.380. The summed E-state index contributed by atoms with van der Waals surface area (Å²) in [7, 11) is -2.49. The molecule has 0 spiro atoms. The minimum atomic E-state index is -2.49. The maximum atomic E-state index is 13.1. The van der Waals surface area contributed by atoms with Crippen molar-refractivity contribution in [1.82, 2.24) is 0 Å². The summed E-state index contributed by atoms with van der Waals surface area (Å²) >= 11 is 0. The van der Waals surface area contributed by atoms with Crippen LogP contribution in [0.5, 0.6) is 5.75 Å². The molecule has 6 nitrogen and oxygen atoms in total. The summed E-state index contributed by atoms with van der Waals surface area (Å²) in [6, 6.07) is 10.2. The summed E-state index contributed by atoms with van der Waals surface area (Å²) in [5.74, 6) is -0.678. The second-order valence-electron chi connectivity index (χ2n) is 7.25. The van der Waals surface area contributed by atoms with Crippen LogP contribution in [0.2, 0.25) is 0 Å². The predicted octanol–water partition coefficient (Wildman–Crippen LogP) is 4.28. The van der Waals surface area contributed by atoms with Gasteiger partial charge in [-0.3, -0.25) is 9.36 Å². The number of aliphatic carboxylic acids is 1. The van der Waals surface area contributed by atoms with Gasteiger partial charge in [0.15, 0.2) is 8.03 Å². The summed E-state index contributed by atoms with van der Waals surface area (Å²) < 4.78 is 36.2. The fraction of sp³-hybridized carbons (Fsp3) is 0.409. The third-order valence-corrected chi connectivity index (χ3v) is 5.86. The number of carbonyl (C=O) groups is 1. The number of carboxylic acids is 1. The van der Waals surface area contributed by atoms with E-state index in [-0.39, 0.29) is 18.6 Å². The smallest absolute Gasteiger partial charge is 0.305 e. The Morgan fingerprint density at radius 1 is 1.20 bits per heavy atom. The van der Waals surface area contributed by atoms with E-state index in [0.717, 1.165) is 28.0 Å². The van der Waals surface area contributed by atoms with Crippen LogP contribution in [0.4, 0.5) is 4.39 Å². The highest BCUT2D eigenvalue weighted by Crippen LogP contribution is 2.28. The van der Waals surface area contributed by atoms with Crippen molar-refractivity contribution in [3.8, 4) is 5.75 Å². The van der Waals surface area contributed by atoms with Crippen molar-refractivity contribution < 1.29 is 33.2 Å². The van der Waals surface area contributed by atoms with Crippen molar-refractivity contribution in [2.24, 2.45) is 0 Å². The third kappa shape index (κ3) is 8.27. The molecule has 2 rings (SSSR count). The first kappa shape index (κ1) is 24.1. The molecule has 0 fully saturated rings. The molecule has 164 valence electrons. The van der Waals surface area contributed by atoms with Gasteiger partial charge in [-0.25, -0.2) is 4.39 Å². The number of hydrogen-bond acceptors (Lipinski definition) is 5. The van der Waals surface area contributed by atoms with Gasteiger partial charge in [-0.1, -0.05) is 18.2 Å². The Balaban J connectivity index is 1.89. The van der Waals surface area contributed by atoms with Crippen LogP contribution in [0.15, 0.2) is 36.4 Å². The summed E-state index contributed by atoms with van der Waals surface area (Å²) in [5, 5.41) is 18.1. The number of aliphatic hydroxyl groups is 1. The van der Waals surface area contributed by atoms with Gasteiger partial charge in [0.2, 0.25) is 0 Å². The van der Waals surface area contributed by atoms with Crippen LogP contribution in [0, 0.1) is 19.7 Å². The molecule has 0 amide bonds. The first-order valence-electron chi connectivity index (χ1n) is 9.77. The lowest BCUT2D eigenvalue weighted by atomic mass is 10.0. The number of benzene rings is 2. The number of ether oxygens (including phenoxy) is 1. The molecule has 0 bridgehead atoms. The highest BCUT2D eigenvalue weighted by Gasteiger charge is 2.14. The SMILES string of the molecule is Cc1cc(C)c(CCCO[PH](=O)C[C@@H](O)CC(=O)O)c(OCc2ccc(F)cc2)c1. The van der Waals surface area contributed by atoms with Crippen LogP contribution in [0.25, 0.3) is 0 Å². The van der Waals surface area contributed by atoms with Crippen LogP contribution < -0.4 is 4.74 Å². The Labute approximate surface area is 176 Å². The van der Waals surface area contributed by atoms with Crippen molar-refractivity contribution in [2.75, 3.05) is 12.8 Å². The predicted molar refractivity (Wildman–Crippen MR) is 113 cm³/mol. The molecule has 2 atom stereocenters. The molecule has 1 unspecified atom stereocenters. The van der Waals surface area contributed by atoms with E-state index < -0.39 is 26.5 Å². The van der Waals surface area contributed by atoms with Crippen LogP contribution in [-0.2, 0) is 26.9 Å². The molecule has 0 aliphatic carbocycles. The van der Waals surface area contributed by atoms with E-state index in [1.54, 1.807) is 12.1 Å². The molecule has 0 aliphatic heterocycles. The first-order valence-corrected chi connectivity index (χ1v) is 11.3. The van der Waals surface area contributed by atoms with Crippen molar-refractivity contribution in [1.29, 1.82) is 0 Å². The van der Waals surface area contributed by atoms with E-state index in [1.165, 1.54) is 12.1 Å².